The molecule has 1 heterocycles. The third kappa shape index (κ3) is 6.05. The van der Waals surface area contributed by atoms with Gasteiger partial charge in [-0.3, -0.25) is 4.79 Å². The minimum Gasteiger partial charge on any atom is -0.484 e. The highest BCUT2D eigenvalue weighted by Gasteiger charge is 2.32. The molecule has 0 aliphatic carbocycles. The number of rotatable bonds is 3. The molecule has 0 radical (unpaired) electrons. The molecule has 1 aromatic carbocycles. The molecule has 1 atom stereocenters. The van der Waals surface area contributed by atoms with Crippen molar-refractivity contribution in [3.8, 4) is 5.75 Å². The normalized spacial score (nSPS) is 18.0. The van der Waals surface area contributed by atoms with E-state index in [0.29, 0.717) is 25.4 Å². The Morgan fingerprint density at radius 2 is 1.84 bits per heavy atom. The first-order chi connectivity index (χ1) is 11.7. The van der Waals surface area contributed by atoms with Crippen LogP contribution in [0.4, 0.5) is 4.79 Å². The summed E-state index contributed by atoms with van der Waals surface area (Å²) in [6, 6.07) is 7.46. The van der Waals surface area contributed by atoms with Crippen LogP contribution < -0.4 is 4.74 Å². The zero-order valence-electron chi connectivity index (χ0n) is 15.1. The molecule has 0 N–H and O–H groups in total. The van der Waals surface area contributed by atoms with Crippen molar-refractivity contribution in [3.05, 3.63) is 27.8 Å². The third-order valence-electron chi connectivity index (χ3n) is 3.78. The molecular formula is C18H25IN2O4. The van der Waals surface area contributed by atoms with E-state index in [0.717, 1.165) is 3.57 Å². The molecule has 1 aliphatic rings. The number of ether oxygens (including phenoxy) is 2. The molecule has 1 fully saturated rings. The van der Waals surface area contributed by atoms with Gasteiger partial charge in [0.1, 0.15) is 11.4 Å². The zero-order valence-corrected chi connectivity index (χ0v) is 17.3. The van der Waals surface area contributed by atoms with Gasteiger partial charge in [0.15, 0.2) is 6.61 Å². The molecule has 0 saturated carbocycles. The highest BCUT2D eigenvalue weighted by molar-refractivity contribution is 14.1. The van der Waals surface area contributed by atoms with Crippen molar-refractivity contribution in [2.75, 3.05) is 26.2 Å². The molecule has 1 aromatic rings. The number of hydrogen-bond acceptors (Lipinski definition) is 4. The second kappa shape index (κ2) is 8.25. The average Bonchev–Trinajstić information content (AvgIpc) is 2.52. The summed E-state index contributed by atoms with van der Waals surface area (Å²) in [6.07, 6.45) is -0.331. The van der Waals surface area contributed by atoms with Crippen molar-refractivity contribution in [2.24, 2.45) is 0 Å². The predicted octanol–water partition coefficient (Wildman–Crippen LogP) is 3.14. The molecule has 2 rings (SSSR count). The van der Waals surface area contributed by atoms with Crippen LogP contribution in [-0.2, 0) is 9.53 Å². The molecule has 0 spiro atoms. The van der Waals surface area contributed by atoms with E-state index >= 15 is 0 Å². The first-order valence-electron chi connectivity index (χ1n) is 8.31. The van der Waals surface area contributed by atoms with Crippen LogP contribution in [-0.4, -0.2) is 59.7 Å². The van der Waals surface area contributed by atoms with Gasteiger partial charge in [0.2, 0.25) is 0 Å². The smallest absolute Gasteiger partial charge is 0.410 e. The second-order valence-electron chi connectivity index (χ2n) is 7.11. The lowest BCUT2D eigenvalue weighted by atomic mass is 10.2. The van der Waals surface area contributed by atoms with Crippen molar-refractivity contribution >= 4 is 34.6 Å². The lowest BCUT2D eigenvalue weighted by Crippen LogP contribution is -2.56. The van der Waals surface area contributed by atoms with Crippen LogP contribution in [0.1, 0.15) is 27.7 Å². The summed E-state index contributed by atoms with van der Waals surface area (Å²) in [5.74, 6) is 0.600. The zero-order chi connectivity index (χ0) is 18.6. The molecule has 138 valence electrons. The van der Waals surface area contributed by atoms with Gasteiger partial charge >= 0.3 is 6.09 Å². The van der Waals surface area contributed by atoms with E-state index in [1.807, 2.05) is 52.0 Å². The Balaban J connectivity index is 1.84. The summed E-state index contributed by atoms with van der Waals surface area (Å²) in [5, 5.41) is 0. The standard InChI is InChI=1S/C18H25IN2O4/c1-13-11-20(9-10-21(13)17(23)25-18(2,3)4)16(22)12-24-15-7-5-14(19)6-8-15/h5-8,13H,9-12H2,1-4H3/t13-/m1/s1. The van der Waals surface area contributed by atoms with Crippen molar-refractivity contribution in [1.82, 2.24) is 9.80 Å². The number of halogens is 1. The van der Waals surface area contributed by atoms with E-state index in [1.165, 1.54) is 0 Å². The fourth-order valence-corrected chi connectivity index (χ4v) is 2.90. The molecule has 0 unspecified atom stereocenters. The molecule has 0 bridgehead atoms. The van der Waals surface area contributed by atoms with Gasteiger partial charge in [0.05, 0.1) is 0 Å². The second-order valence-corrected chi connectivity index (χ2v) is 8.35. The Morgan fingerprint density at radius 1 is 1.20 bits per heavy atom. The van der Waals surface area contributed by atoms with E-state index in [9.17, 15) is 9.59 Å². The topological polar surface area (TPSA) is 59.1 Å². The van der Waals surface area contributed by atoms with Crippen molar-refractivity contribution in [1.29, 1.82) is 0 Å². The Kier molecular flexibility index (Phi) is 6.53. The molecule has 1 aliphatic heterocycles. The van der Waals surface area contributed by atoms with E-state index in [4.69, 9.17) is 9.47 Å². The van der Waals surface area contributed by atoms with Crippen LogP contribution in [0.5, 0.6) is 5.75 Å². The summed E-state index contributed by atoms with van der Waals surface area (Å²) in [6.45, 7) is 8.88. The summed E-state index contributed by atoms with van der Waals surface area (Å²) < 4.78 is 12.1. The van der Waals surface area contributed by atoms with Gasteiger partial charge in [-0.2, -0.15) is 0 Å². The van der Waals surface area contributed by atoms with Gasteiger partial charge in [-0.05, 0) is 74.6 Å². The number of carbonyl (C=O) groups is 2. The molecule has 1 saturated heterocycles. The van der Waals surface area contributed by atoms with Crippen LogP contribution in [0.25, 0.3) is 0 Å². The first kappa shape index (κ1) is 19.8. The quantitative estimate of drug-likeness (QED) is 0.651. The largest absolute Gasteiger partial charge is 0.484 e. The van der Waals surface area contributed by atoms with Gasteiger partial charge in [0.25, 0.3) is 5.91 Å². The Labute approximate surface area is 162 Å². The summed E-state index contributed by atoms with van der Waals surface area (Å²) in [7, 11) is 0. The SMILES string of the molecule is C[C@@H]1CN(C(=O)COc2ccc(I)cc2)CCN1C(=O)OC(C)(C)C. The van der Waals surface area contributed by atoms with Crippen molar-refractivity contribution < 1.29 is 19.1 Å². The van der Waals surface area contributed by atoms with Crippen LogP contribution in [0, 0.1) is 3.57 Å². The lowest BCUT2D eigenvalue weighted by Gasteiger charge is -2.40. The number of amides is 2. The molecular weight excluding hydrogens is 435 g/mol. The first-order valence-corrected chi connectivity index (χ1v) is 9.39. The number of nitrogens with zero attached hydrogens (tertiary/aromatic N) is 2. The fraction of sp³-hybridized carbons (Fsp3) is 0.556. The van der Waals surface area contributed by atoms with Gasteiger partial charge < -0.3 is 19.3 Å². The molecule has 0 aromatic heterocycles. The van der Waals surface area contributed by atoms with Crippen molar-refractivity contribution in [3.63, 3.8) is 0 Å². The van der Waals surface area contributed by atoms with Crippen molar-refractivity contribution in [2.45, 2.75) is 39.3 Å². The fourth-order valence-electron chi connectivity index (χ4n) is 2.54. The van der Waals surface area contributed by atoms with Crippen LogP contribution in [0.2, 0.25) is 0 Å². The Morgan fingerprint density at radius 3 is 2.40 bits per heavy atom. The highest BCUT2D eigenvalue weighted by Crippen LogP contribution is 2.17. The maximum absolute atomic E-state index is 12.4. The van der Waals surface area contributed by atoms with Crippen LogP contribution in [0.15, 0.2) is 24.3 Å². The number of hydrogen-bond donors (Lipinski definition) is 0. The van der Waals surface area contributed by atoms with Gasteiger partial charge in [-0.15, -0.1) is 0 Å². The van der Waals surface area contributed by atoms with Gasteiger partial charge in [-0.1, -0.05) is 0 Å². The average molecular weight is 460 g/mol. The predicted molar refractivity (Wildman–Crippen MR) is 104 cm³/mol. The van der Waals surface area contributed by atoms with Gasteiger partial charge in [-0.25, -0.2) is 4.79 Å². The summed E-state index contributed by atoms with van der Waals surface area (Å²) in [5.41, 5.74) is -0.523. The maximum atomic E-state index is 12.4. The van der Waals surface area contributed by atoms with Crippen LogP contribution >= 0.6 is 22.6 Å². The minimum absolute atomic E-state index is 0.000248. The van der Waals surface area contributed by atoms with E-state index in [1.54, 1.807) is 9.80 Å². The lowest BCUT2D eigenvalue weighted by molar-refractivity contribution is -0.136. The Bertz CT molecular complexity index is 612. The molecule has 25 heavy (non-hydrogen) atoms. The van der Waals surface area contributed by atoms with Crippen LogP contribution in [0.3, 0.4) is 0 Å². The Hall–Kier alpha value is -1.51. The molecule has 6 nitrogen and oxygen atoms in total. The van der Waals surface area contributed by atoms with E-state index < -0.39 is 5.60 Å². The number of benzene rings is 1. The third-order valence-corrected chi connectivity index (χ3v) is 4.50. The van der Waals surface area contributed by atoms with Gasteiger partial charge in [0, 0.05) is 29.2 Å². The maximum Gasteiger partial charge on any atom is 0.410 e. The minimum atomic E-state index is -0.523. The molecule has 2 amide bonds. The summed E-state index contributed by atoms with van der Waals surface area (Å²) >= 11 is 2.22. The summed E-state index contributed by atoms with van der Waals surface area (Å²) in [4.78, 5) is 28.0. The van der Waals surface area contributed by atoms with E-state index in [-0.39, 0.29) is 24.6 Å². The molecule has 7 heteroatoms. The number of piperazine rings is 1. The van der Waals surface area contributed by atoms with E-state index in [2.05, 4.69) is 22.6 Å². The monoisotopic (exact) mass is 460 g/mol. The number of carbonyl (C=O) groups excluding carboxylic acids is 2. The highest BCUT2D eigenvalue weighted by atomic mass is 127.